The van der Waals surface area contributed by atoms with Crippen LogP contribution in [0.1, 0.15) is 27.7 Å². The van der Waals surface area contributed by atoms with Crippen molar-refractivity contribution in [2.75, 3.05) is 12.4 Å². The molecule has 0 saturated heterocycles. The highest BCUT2D eigenvalue weighted by molar-refractivity contribution is 6.33. The van der Waals surface area contributed by atoms with Crippen molar-refractivity contribution in [1.29, 1.82) is 0 Å². The third kappa shape index (κ3) is 5.81. The second-order valence-corrected chi connectivity index (χ2v) is 6.11. The van der Waals surface area contributed by atoms with Crippen LogP contribution in [0, 0.1) is 0 Å². The standard InChI is InChI=1S/C15H21ClN2O4/c1-9(17-14(20)22-15(2,3)4)13(19)18-12-7-6-10(21-5)8-11(12)16/h6-9H,1-5H3,(H,17,20)(H,18,19). The molecule has 0 aromatic heterocycles. The van der Waals surface area contributed by atoms with Crippen LogP contribution in [-0.4, -0.2) is 30.8 Å². The van der Waals surface area contributed by atoms with Crippen LogP contribution in [0.4, 0.5) is 10.5 Å². The number of hydrogen-bond acceptors (Lipinski definition) is 4. The summed E-state index contributed by atoms with van der Waals surface area (Å²) < 4.78 is 10.1. The number of carbonyl (C=O) groups excluding carboxylic acids is 2. The van der Waals surface area contributed by atoms with Crippen LogP contribution in [0.2, 0.25) is 5.02 Å². The molecule has 0 bridgehead atoms. The molecule has 1 unspecified atom stereocenters. The lowest BCUT2D eigenvalue weighted by Gasteiger charge is -2.21. The van der Waals surface area contributed by atoms with Gasteiger partial charge in [-0.2, -0.15) is 0 Å². The first-order valence-corrected chi connectivity index (χ1v) is 7.14. The molecular formula is C15H21ClN2O4. The number of amides is 2. The van der Waals surface area contributed by atoms with E-state index in [0.29, 0.717) is 16.5 Å². The molecule has 22 heavy (non-hydrogen) atoms. The number of carbonyl (C=O) groups is 2. The van der Waals surface area contributed by atoms with Crippen molar-refractivity contribution in [3.05, 3.63) is 23.2 Å². The average molecular weight is 329 g/mol. The maximum absolute atomic E-state index is 12.0. The monoisotopic (exact) mass is 328 g/mol. The zero-order chi connectivity index (χ0) is 16.9. The first kappa shape index (κ1) is 18.1. The summed E-state index contributed by atoms with van der Waals surface area (Å²) in [6.45, 7) is 6.79. The van der Waals surface area contributed by atoms with Crippen molar-refractivity contribution in [2.24, 2.45) is 0 Å². The minimum atomic E-state index is -0.770. The van der Waals surface area contributed by atoms with Gasteiger partial charge in [-0.25, -0.2) is 4.79 Å². The van der Waals surface area contributed by atoms with Crippen molar-refractivity contribution in [3.8, 4) is 5.75 Å². The first-order valence-electron chi connectivity index (χ1n) is 6.76. The minimum absolute atomic E-state index is 0.345. The van der Waals surface area contributed by atoms with E-state index in [1.54, 1.807) is 45.9 Å². The second kappa shape index (κ2) is 7.35. The van der Waals surface area contributed by atoms with Gasteiger partial charge >= 0.3 is 6.09 Å². The van der Waals surface area contributed by atoms with Crippen molar-refractivity contribution in [1.82, 2.24) is 5.32 Å². The highest BCUT2D eigenvalue weighted by atomic mass is 35.5. The summed E-state index contributed by atoms with van der Waals surface area (Å²) in [6, 6.07) is 4.11. The number of nitrogens with one attached hydrogen (secondary N) is 2. The fourth-order valence-corrected chi connectivity index (χ4v) is 1.73. The molecule has 0 aliphatic carbocycles. The number of ether oxygens (including phenoxy) is 2. The van der Waals surface area contributed by atoms with Crippen LogP contribution in [0.25, 0.3) is 0 Å². The molecule has 1 aromatic rings. The van der Waals surface area contributed by atoms with Crippen molar-refractivity contribution >= 4 is 29.3 Å². The molecule has 0 radical (unpaired) electrons. The Bertz CT molecular complexity index is 555. The average Bonchev–Trinajstić information content (AvgIpc) is 2.38. The fraction of sp³-hybridized carbons (Fsp3) is 0.467. The van der Waals surface area contributed by atoms with Gasteiger partial charge in [0.15, 0.2) is 0 Å². The van der Waals surface area contributed by atoms with E-state index in [9.17, 15) is 9.59 Å². The second-order valence-electron chi connectivity index (χ2n) is 5.70. The summed E-state index contributed by atoms with van der Waals surface area (Å²) >= 11 is 6.04. The van der Waals surface area contributed by atoms with Gasteiger partial charge in [0.1, 0.15) is 17.4 Å². The maximum Gasteiger partial charge on any atom is 0.408 e. The Morgan fingerprint density at radius 1 is 1.27 bits per heavy atom. The maximum atomic E-state index is 12.0. The van der Waals surface area contributed by atoms with Gasteiger partial charge in [0.25, 0.3) is 0 Å². The van der Waals surface area contributed by atoms with E-state index in [1.807, 2.05) is 0 Å². The number of halogens is 1. The third-order valence-corrected chi connectivity index (χ3v) is 2.87. The van der Waals surface area contributed by atoms with E-state index in [4.69, 9.17) is 21.1 Å². The van der Waals surface area contributed by atoms with E-state index in [1.165, 1.54) is 7.11 Å². The van der Waals surface area contributed by atoms with Crippen LogP contribution in [0.5, 0.6) is 5.75 Å². The zero-order valence-electron chi connectivity index (χ0n) is 13.3. The molecule has 2 N–H and O–H groups in total. The topological polar surface area (TPSA) is 76.7 Å². The van der Waals surface area contributed by atoms with Gasteiger partial charge in [0.05, 0.1) is 17.8 Å². The molecule has 0 spiro atoms. The molecule has 1 aromatic carbocycles. The van der Waals surface area contributed by atoms with E-state index < -0.39 is 23.6 Å². The zero-order valence-corrected chi connectivity index (χ0v) is 14.1. The van der Waals surface area contributed by atoms with E-state index in [-0.39, 0.29) is 0 Å². The lowest BCUT2D eigenvalue weighted by Crippen LogP contribution is -2.44. The van der Waals surface area contributed by atoms with Gasteiger partial charge < -0.3 is 20.1 Å². The summed E-state index contributed by atoms with van der Waals surface area (Å²) in [6.07, 6.45) is -0.657. The molecule has 0 heterocycles. The quantitative estimate of drug-likeness (QED) is 0.889. The lowest BCUT2D eigenvalue weighted by molar-refractivity contribution is -0.117. The largest absolute Gasteiger partial charge is 0.497 e. The van der Waals surface area contributed by atoms with Crippen LogP contribution in [-0.2, 0) is 9.53 Å². The smallest absolute Gasteiger partial charge is 0.408 e. The molecule has 0 aliphatic rings. The Labute approximate surface area is 135 Å². The fourth-order valence-electron chi connectivity index (χ4n) is 1.52. The minimum Gasteiger partial charge on any atom is -0.497 e. The summed E-state index contributed by atoms with van der Waals surface area (Å²) in [4.78, 5) is 23.7. The van der Waals surface area contributed by atoms with Gasteiger partial charge in [-0.15, -0.1) is 0 Å². The molecule has 0 fully saturated rings. The summed E-state index contributed by atoms with van der Waals surface area (Å²) in [5, 5.41) is 5.43. The molecule has 1 atom stereocenters. The Morgan fingerprint density at radius 3 is 2.41 bits per heavy atom. The van der Waals surface area contributed by atoms with Gasteiger partial charge in [0.2, 0.25) is 5.91 Å². The highest BCUT2D eigenvalue weighted by Gasteiger charge is 2.21. The number of alkyl carbamates (subject to hydrolysis) is 1. The van der Waals surface area contributed by atoms with Gasteiger partial charge in [0, 0.05) is 6.07 Å². The van der Waals surface area contributed by atoms with Crippen LogP contribution < -0.4 is 15.4 Å². The Hall–Kier alpha value is -1.95. The summed E-state index contributed by atoms with van der Waals surface area (Å²) in [7, 11) is 1.52. The molecule has 1 rings (SSSR count). The highest BCUT2D eigenvalue weighted by Crippen LogP contribution is 2.26. The molecule has 0 aliphatic heterocycles. The summed E-state index contributed by atoms with van der Waals surface area (Å²) in [5.74, 6) is 0.181. The number of benzene rings is 1. The molecular weight excluding hydrogens is 308 g/mol. The molecule has 7 heteroatoms. The van der Waals surface area contributed by atoms with Crippen molar-refractivity contribution in [3.63, 3.8) is 0 Å². The lowest BCUT2D eigenvalue weighted by atomic mass is 10.2. The van der Waals surface area contributed by atoms with Gasteiger partial charge in [-0.3, -0.25) is 4.79 Å². The Balaban J connectivity index is 2.63. The van der Waals surface area contributed by atoms with E-state index >= 15 is 0 Å². The number of methoxy groups -OCH3 is 1. The molecule has 6 nitrogen and oxygen atoms in total. The van der Waals surface area contributed by atoms with E-state index in [0.717, 1.165) is 0 Å². The van der Waals surface area contributed by atoms with Crippen LogP contribution >= 0.6 is 11.6 Å². The van der Waals surface area contributed by atoms with Crippen LogP contribution in [0.15, 0.2) is 18.2 Å². The summed E-state index contributed by atoms with van der Waals surface area (Å²) in [5.41, 5.74) is -0.190. The predicted molar refractivity (Wildman–Crippen MR) is 85.5 cm³/mol. The first-order chi connectivity index (χ1) is 10.1. The van der Waals surface area contributed by atoms with Gasteiger partial charge in [-0.05, 0) is 39.8 Å². The third-order valence-electron chi connectivity index (χ3n) is 2.56. The SMILES string of the molecule is COc1ccc(NC(=O)C(C)NC(=O)OC(C)(C)C)c(Cl)c1. The molecule has 0 saturated carbocycles. The molecule has 122 valence electrons. The van der Waals surface area contributed by atoms with E-state index in [2.05, 4.69) is 10.6 Å². The van der Waals surface area contributed by atoms with Crippen molar-refractivity contribution < 1.29 is 19.1 Å². The number of anilines is 1. The normalized spacial score (nSPS) is 12.3. The number of rotatable bonds is 4. The Morgan fingerprint density at radius 2 is 1.91 bits per heavy atom. The van der Waals surface area contributed by atoms with Gasteiger partial charge in [-0.1, -0.05) is 11.6 Å². The van der Waals surface area contributed by atoms with Crippen LogP contribution in [0.3, 0.4) is 0 Å². The van der Waals surface area contributed by atoms with Crippen molar-refractivity contribution in [2.45, 2.75) is 39.3 Å². The Kier molecular flexibility index (Phi) is 6.05. The predicted octanol–water partition coefficient (Wildman–Crippen LogP) is 3.20. The molecule has 2 amide bonds. The number of hydrogen-bond donors (Lipinski definition) is 2.